The van der Waals surface area contributed by atoms with Crippen LogP contribution >= 0.6 is 0 Å². The number of carbonyl (C=O) groups is 2. The fourth-order valence-corrected chi connectivity index (χ4v) is 4.47. The summed E-state index contributed by atoms with van der Waals surface area (Å²) >= 11 is 0. The van der Waals surface area contributed by atoms with E-state index in [1.54, 1.807) is 12.4 Å². The molecule has 0 unspecified atom stereocenters. The van der Waals surface area contributed by atoms with Crippen molar-refractivity contribution in [3.8, 4) is 0 Å². The van der Waals surface area contributed by atoms with Crippen LogP contribution in [-0.2, 0) is 22.6 Å². The van der Waals surface area contributed by atoms with Gasteiger partial charge in [-0.3, -0.25) is 19.6 Å². The van der Waals surface area contributed by atoms with Gasteiger partial charge in [-0.2, -0.15) is 0 Å². The Morgan fingerprint density at radius 1 is 1.16 bits per heavy atom. The number of aryl methyl sites for hydroxylation is 1. The molecule has 0 atom stereocenters. The van der Waals surface area contributed by atoms with Crippen molar-refractivity contribution in [2.45, 2.75) is 32.9 Å². The normalized spacial score (nSPS) is 17.4. The van der Waals surface area contributed by atoms with Gasteiger partial charge in [-0.25, -0.2) is 4.79 Å². The van der Waals surface area contributed by atoms with Crippen molar-refractivity contribution >= 4 is 12.0 Å². The lowest BCUT2D eigenvalue weighted by Crippen LogP contribution is -2.44. The Morgan fingerprint density at radius 2 is 1.97 bits per heavy atom. The highest BCUT2D eigenvalue weighted by molar-refractivity contribution is 5.82. The zero-order valence-corrected chi connectivity index (χ0v) is 18.8. The van der Waals surface area contributed by atoms with E-state index in [1.165, 1.54) is 16.0 Å². The van der Waals surface area contributed by atoms with Gasteiger partial charge in [-0.1, -0.05) is 30.3 Å². The second-order valence-corrected chi connectivity index (χ2v) is 8.82. The molecule has 32 heavy (non-hydrogen) atoms. The smallest absolute Gasteiger partial charge is 0.410 e. The predicted octanol–water partition coefficient (Wildman–Crippen LogP) is 3.08. The van der Waals surface area contributed by atoms with Gasteiger partial charge in [-0.15, -0.1) is 0 Å². The van der Waals surface area contributed by atoms with E-state index in [0.717, 1.165) is 38.0 Å². The number of rotatable bonds is 8. The molecule has 2 aliphatic heterocycles. The van der Waals surface area contributed by atoms with Gasteiger partial charge in [0.25, 0.3) is 0 Å². The quantitative estimate of drug-likeness (QED) is 0.636. The average molecular weight is 437 g/mol. The molecule has 1 aromatic heterocycles. The molecule has 1 aromatic carbocycles. The first-order valence-corrected chi connectivity index (χ1v) is 11.4. The molecule has 0 aliphatic carbocycles. The molecule has 7 heteroatoms. The summed E-state index contributed by atoms with van der Waals surface area (Å²) in [6, 6.07) is 12.4. The van der Waals surface area contributed by atoms with Crippen LogP contribution in [0.2, 0.25) is 0 Å². The number of nitrogens with zero attached hydrogens (tertiary/aromatic N) is 4. The topological polar surface area (TPSA) is 66.0 Å². The third kappa shape index (κ3) is 5.85. The molecular formula is C25H32N4O3. The van der Waals surface area contributed by atoms with E-state index in [2.05, 4.69) is 41.1 Å². The van der Waals surface area contributed by atoms with Crippen LogP contribution in [0.1, 0.15) is 29.5 Å². The van der Waals surface area contributed by atoms with Gasteiger partial charge in [0, 0.05) is 32.0 Å². The van der Waals surface area contributed by atoms with Crippen molar-refractivity contribution in [1.82, 2.24) is 19.7 Å². The van der Waals surface area contributed by atoms with Gasteiger partial charge < -0.3 is 9.64 Å². The number of likely N-dealkylation sites (tertiary alicyclic amines) is 1. The first kappa shape index (κ1) is 22.3. The molecule has 0 bridgehead atoms. The molecule has 4 rings (SSSR count). The summed E-state index contributed by atoms with van der Waals surface area (Å²) < 4.78 is 4.98. The number of cyclic esters (lactones) is 1. The van der Waals surface area contributed by atoms with Crippen molar-refractivity contribution in [3.63, 3.8) is 0 Å². The van der Waals surface area contributed by atoms with Crippen molar-refractivity contribution in [3.05, 3.63) is 65.5 Å². The van der Waals surface area contributed by atoms with E-state index in [1.807, 2.05) is 17.0 Å². The van der Waals surface area contributed by atoms with E-state index in [0.29, 0.717) is 32.2 Å². The molecule has 0 spiro atoms. The summed E-state index contributed by atoms with van der Waals surface area (Å²) in [5.41, 5.74) is 3.72. The Hall–Kier alpha value is -2.93. The third-order valence-corrected chi connectivity index (χ3v) is 6.46. The Bertz CT molecular complexity index is 912. The summed E-state index contributed by atoms with van der Waals surface area (Å²) in [5, 5.41) is 0. The van der Waals surface area contributed by atoms with Gasteiger partial charge in [0.15, 0.2) is 0 Å². The first-order chi connectivity index (χ1) is 15.6. The fraction of sp³-hybridized carbons (Fsp3) is 0.480. The number of carbonyl (C=O) groups excluding carboxylic acids is 2. The van der Waals surface area contributed by atoms with E-state index >= 15 is 0 Å². The maximum absolute atomic E-state index is 13.1. The fourth-order valence-electron chi connectivity index (χ4n) is 4.47. The van der Waals surface area contributed by atoms with E-state index in [9.17, 15) is 9.59 Å². The van der Waals surface area contributed by atoms with Crippen molar-refractivity contribution in [1.29, 1.82) is 0 Å². The number of amides is 2. The number of benzene rings is 1. The maximum atomic E-state index is 13.1. The number of hydrogen-bond donors (Lipinski definition) is 0. The summed E-state index contributed by atoms with van der Waals surface area (Å²) in [7, 11) is 0. The SMILES string of the molecule is Cc1ccccc1CN1CCC(CN(Cc2cccnc2)C(=O)CN2CCOC2=O)CC1. The number of aromatic nitrogens is 1. The zero-order chi connectivity index (χ0) is 22.3. The molecule has 2 saturated heterocycles. The van der Waals surface area contributed by atoms with Crippen molar-refractivity contribution in [2.75, 3.05) is 39.3 Å². The van der Waals surface area contributed by atoms with Gasteiger partial charge in [0.05, 0.1) is 6.54 Å². The van der Waals surface area contributed by atoms with Crippen LogP contribution in [0.25, 0.3) is 0 Å². The Morgan fingerprint density at radius 3 is 2.66 bits per heavy atom. The van der Waals surface area contributed by atoms with Gasteiger partial charge >= 0.3 is 6.09 Å². The minimum absolute atomic E-state index is 0.0324. The standard InChI is InChI=1S/C25H32N4O3/c1-20-5-2-3-7-23(20)18-27-11-8-21(9-12-27)16-29(17-22-6-4-10-26-15-22)24(30)19-28-13-14-32-25(28)31/h2-7,10,15,21H,8-9,11-14,16-19H2,1H3. The highest BCUT2D eigenvalue weighted by Crippen LogP contribution is 2.22. The molecule has 0 saturated carbocycles. The monoisotopic (exact) mass is 436 g/mol. The summed E-state index contributed by atoms with van der Waals surface area (Å²) in [4.78, 5) is 35.0. The average Bonchev–Trinajstić information content (AvgIpc) is 3.21. The molecule has 3 heterocycles. The minimum Gasteiger partial charge on any atom is -0.448 e. The Labute approximate surface area is 190 Å². The minimum atomic E-state index is -0.399. The van der Waals surface area contributed by atoms with Crippen molar-refractivity contribution < 1.29 is 14.3 Å². The van der Waals surface area contributed by atoms with E-state index < -0.39 is 6.09 Å². The van der Waals surface area contributed by atoms with Gasteiger partial charge in [-0.05, 0) is 61.5 Å². The molecule has 2 fully saturated rings. The maximum Gasteiger partial charge on any atom is 0.410 e. The summed E-state index contributed by atoms with van der Waals surface area (Å²) in [6.07, 6.45) is 5.27. The van der Waals surface area contributed by atoms with Crippen LogP contribution in [0, 0.1) is 12.8 Å². The molecule has 2 aliphatic rings. The predicted molar refractivity (Wildman–Crippen MR) is 122 cm³/mol. The van der Waals surface area contributed by atoms with E-state index in [-0.39, 0.29) is 12.5 Å². The van der Waals surface area contributed by atoms with Crippen LogP contribution in [0.15, 0.2) is 48.8 Å². The molecule has 2 aromatic rings. The lowest BCUT2D eigenvalue weighted by atomic mass is 9.95. The summed E-state index contributed by atoms with van der Waals surface area (Å²) in [6.45, 7) is 7.34. The van der Waals surface area contributed by atoms with Crippen LogP contribution in [-0.4, -0.2) is 71.0 Å². The molecule has 0 radical (unpaired) electrons. The molecule has 170 valence electrons. The lowest BCUT2D eigenvalue weighted by molar-refractivity contribution is -0.133. The highest BCUT2D eigenvalue weighted by atomic mass is 16.6. The Kier molecular flexibility index (Phi) is 7.37. The van der Waals surface area contributed by atoms with Crippen LogP contribution in [0.3, 0.4) is 0 Å². The molecule has 7 nitrogen and oxygen atoms in total. The van der Waals surface area contributed by atoms with Crippen LogP contribution < -0.4 is 0 Å². The van der Waals surface area contributed by atoms with Gasteiger partial charge in [0.2, 0.25) is 5.91 Å². The van der Waals surface area contributed by atoms with Crippen molar-refractivity contribution in [2.24, 2.45) is 5.92 Å². The third-order valence-electron chi connectivity index (χ3n) is 6.46. The molecule has 0 N–H and O–H groups in total. The molecular weight excluding hydrogens is 404 g/mol. The van der Waals surface area contributed by atoms with Crippen LogP contribution in [0.5, 0.6) is 0 Å². The summed E-state index contributed by atoms with van der Waals surface area (Å²) in [5.74, 6) is 0.421. The first-order valence-electron chi connectivity index (χ1n) is 11.4. The van der Waals surface area contributed by atoms with E-state index in [4.69, 9.17) is 4.74 Å². The lowest BCUT2D eigenvalue weighted by Gasteiger charge is -2.35. The second kappa shape index (κ2) is 10.6. The Balaban J connectivity index is 1.35. The number of pyridine rings is 1. The largest absolute Gasteiger partial charge is 0.448 e. The zero-order valence-electron chi connectivity index (χ0n) is 18.8. The molecule has 2 amide bonds. The number of ether oxygens (including phenoxy) is 1. The van der Waals surface area contributed by atoms with Gasteiger partial charge in [0.1, 0.15) is 13.2 Å². The number of piperidine rings is 1. The van der Waals surface area contributed by atoms with Crippen LogP contribution in [0.4, 0.5) is 4.79 Å². The second-order valence-electron chi connectivity index (χ2n) is 8.82. The highest BCUT2D eigenvalue weighted by Gasteiger charge is 2.29. The number of hydrogen-bond acceptors (Lipinski definition) is 5.